The Morgan fingerprint density at radius 1 is 1.25 bits per heavy atom. The fourth-order valence-electron chi connectivity index (χ4n) is 5.50. The molecule has 5 atom stereocenters. The maximum atomic E-state index is 6.53. The number of nitrogens with one attached hydrogen (secondary N) is 1. The summed E-state index contributed by atoms with van der Waals surface area (Å²) in [6.45, 7) is 7.36. The highest BCUT2D eigenvalue weighted by molar-refractivity contribution is 5.77. The minimum atomic E-state index is -0.0163. The van der Waals surface area contributed by atoms with Gasteiger partial charge in [0.2, 0.25) is 0 Å². The maximum Gasteiger partial charge on any atom is 0.127 e. The molecule has 4 aliphatic rings. The van der Waals surface area contributed by atoms with Gasteiger partial charge in [-0.1, -0.05) is 43.4 Å². The lowest BCUT2D eigenvalue weighted by molar-refractivity contribution is -0.0285. The third-order valence-corrected chi connectivity index (χ3v) is 6.83. The molecular weight excluding hydrogens is 346 g/mol. The Balaban J connectivity index is 1.63. The molecule has 144 valence electrons. The molecule has 0 aromatic heterocycles. The van der Waals surface area contributed by atoms with Crippen molar-refractivity contribution in [1.29, 1.82) is 0 Å². The van der Waals surface area contributed by atoms with Gasteiger partial charge in [-0.25, -0.2) is 0 Å². The average molecular weight is 373 g/mol. The third-order valence-electron chi connectivity index (χ3n) is 6.83. The maximum absolute atomic E-state index is 6.53. The summed E-state index contributed by atoms with van der Waals surface area (Å²) < 4.78 is 12.6. The van der Waals surface area contributed by atoms with Gasteiger partial charge in [0.15, 0.2) is 0 Å². The summed E-state index contributed by atoms with van der Waals surface area (Å²) in [5.41, 5.74) is 3.90. The van der Waals surface area contributed by atoms with E-state index in [-0.39, 0.29) is 23.5 Å². The minimum absolute atomic E-state index is 0.0163. The number of ether oxygens (including phenoxy) is 2. The van der Waals surface area contributed by atoms with Crippen LogP contribution in [0, 0.1) is 17.3 Å². The number of piperidine rings is 1. The predicted molar refractivity (Wildman–Crippen MR) is 113 cm³/mol. The normalized spacial score (nSPS) is 35.0. The number of rotatable bonds is 3. The van der Waals surface area contributed by atoms with E-state index >= 15 is 0 Å². The molecule has 1 aliphatic carbocycles. The van der Waals surface area contributed by atoms with E-state index in [0.29, 0.717) is 5.92 Å². The zero-order chi connectivity index (χ0) is 19.1. The van der Waals surface area contributed by atoms with Gasteiger partial charge in [-0.05, 0) is 36.3 Å². The monoisotopic (exact) mass is 373 g/mol. The topological polar surface area (TPSA) is 30.5 Å². The second kappa shape index (κ2) is 6.73. The van der Waals surface area contributed by atoms with Gasteiger partial charge >= 0.3 is 0 Å². The van der Waals surface area contributed by atoms with Gasteiger partial charge in [0, 0.05) is 41.5 Å². The van der Waals surface area contributed by atoms with E-state index in [2.05, 4.69) is 61.3 Å². The van der Waals surface area contributed by atoms with Crippen LogP contribution in [0.1, 0.15) is 25.3 Å². The van der Waals surface area contributed by atoms with Crippen molar-refractivity contribution in [3.05, 3.63) is 84.8 Å². The van der Waals surface area contributed by atoms with Crippen LogP contribution in [0.3, 0.4) is 0 Å². The fraction of sp³-hybridized carbons (Fsp3) is 0.360. The molecular formula is C25H27NO2. The molecule has 3 aliphatic heterocycles. The van der Waals surface area contributed by atoms with Crippen LogP contribution in [0.5, 0.6) is 5.75 Å². The number of para-hydroxylation sites is 1. The molecule has 0 amide bonds. The lowest BCUT2D eigenvalue weighted by atomic mass is 9.57. The van der Waals surface area contributed by atoms with Crippen molar-refractivity contribution < 1.29 is 9.47 Å². The van der Waals surface area contributed by atoms with Crippen molar-refractivity contribution in [2.45, 2.75) is 32.0 Å². The SMILES string of the molecule is C=CCC1Oc2ccccc2C2=CC=C3NCCC(C)(C4C=CC=CO4)C3C21. The summed E-state index contributed by atoms with van der Waals surface area (Å²) in [5.74, 6) is 1.56. The highest BCUT2D eigenvalue weighted by Crippen LogP contribution is 2.56. The first-order valence-corrected chi connectivity index (χ1v) is 10.2. The van der Waals surface area contributed by atoms with Gasteiger partial charge in [-0.15, -0.1) is 6.58 Å². The summed E-state index contributed by atoms with van der Waals surface area (Å²) in [4.78, 5) is 0. The summed E-state index contributed by atoms with van der Waals surface area (Å²) in [6.07, 6.45) is 16.7. The highest BCUT2D eigenvalue weighted by Gasteiger charge is 2.54. The van der Waals surface area contributed by atoms with E-state index in [1.807, 2.05) is 24.5 Å². The fourth-order valence-corrected chi connectivity index (χ4v) is 5.50. The standard InChI is InChI=1S/C25H27NO2/c1-3-8-21-23-18(17-9-4-5-10-20(17)28-21)12-13-19-24(23)25(2,14-15-26-19)22-11-6-7-16-27-22/h3-7,9-13,16,21-24,26H,1,8,14-15H2,2H3. The molecule has 0 bridgehead atoms. The smallest absolute Gasteiger partial charge is 0.127 e. The van der Waals surface area contributed by atoms with Crippen LogP contribution in [0.15, 0.2) is 79.3 Å². The van der Waals surface area contributed by atoms with Gasteiger partial charge in [0.25, 0.3) is 0 Å². The van der Waals surface area contributed by atoms with Crippen LogP contribution in [-0.2, 0) is 4.74 Å². The molecule has 0 radical (unpaired) electrons. The highest BCUT2D eigenvalue weighted by atomic mass is 16.5. The summed E-state index contributed by atoms with van der Waals surface area (Å²) >= 11 is 0. The Morgan fingerprint density at radius 2 is 2.14 bits per heavy atom. The van der Waals surface area contributed by atoms with E-state index in [0.717, 1.165) is 25.1 Å². The van der Waals surface area contributed by atoms with Crippen molar-refractivity contribution in [2.75, 3.05) is 6.54 Å². The molecule has 0 spiro atoms. The number of hydrogen-bond donors (Lipinski definition) is 1. The van der Waals surface area contributed by atoms with Crippen LogP contribution < -0.4 is 10.1 Å². The largest absolute Gasteiger partial charge is 0.493 e. The lowest BCUT2D eigenvalue weighted by Gasteiger charge is -2.54. The minimum Gasteiger partial charge on any atom is -0.493 e. The summed E-state index contributed by atoms with van der Waals surface area (Å²) in [5, 5.41) is 3.67. The molecule has 3 nitrogen and oxygen atoms in total. The van der Waals surface area contributed by atoms with E-state index in [1.165, 1.54) is 16.8 Å². The first kappa shape index (κ1) is 17.4. The average Bonchev–Trinajstić information content (AvgIpc) is 2.74. The Kier molecular flexibility index (Phi) is 4.19. The number of fused-ring (bicyclic) bond motifs is 5. The molecule has 1 saturated heterocycles. The van der Waals surface area contributed by atoms with Crippen molar-refractivity contribution in [3.8, 4) is 5.75 Å². The van der Waals surface area contributed by atoms with Gasteiger partial charge in [-0.2, -0.15) is 0 Å². The van der Waals surface area contributed by atoms with Gasteiger partial charge < -0.3 is 14.8 Å². The number of allylic oxidation sites excluding steroid dienone is 5. The van der Waals surface area contributed by atoms with Crippen LogP contribution >= 0.6 is 0 Å². The van der Waals surface area contributed by atoms with E-state index in [4.69, 9.17) is 9.47 Å². The Morgan fingerprint density at radius 3 is 2.96 bits per heavy atom. The van der Waals surface area contributed by atoms with Crippen LogP contribution in [0.4, 0.5) is 0 Å². The van der Waals surface area contributed by atoms with Crippen molar-refractivity contribution >= 4 is 5.57 Å². The van der Waals surface area contributed by atoms with Crippen LogP contribution in [0.2, 0.25) is 0 Å². The number of benzene rings is 1. The van der Waals surface area contributed by atoms with Crippen molar-refractivity contribution in [3.63, 3.8) is 0 Å². The first-order valence-electron chi connectivity index (χ1n) is 10.2. The van der Waals surface area contributed by atoms with Crippen LogP contribution in [-0.4, -0.2) is 18.8 Å². The molecule has 5 unspecified atom stereocenters. The quantitative estimate of drug-likeness (QED) is 0.756. The Bertz CT molecular complexity index is 909. The van der Waals surface area contributed by atoms with E-state index < -0.39 is 0 Å². The molecule has 1 N–H and O–H groups in total. The summed E-state index contributed by atoms with van der Waals surface area (Å²) in [7, 11) is 0. The summed E-state index contributed by atoms with van der Waals surface area (Å²) in [6, 6.07) is 8.42. The van der Waals surface area contributed by atoms with E-state index in [1.54, 1.807) is 0 Å². The third kappa shape index (κ3) is 2.56. The molecule has 1 fully saturated rings. The van der Waals surface area contributed by atoms with Gasteiger partial charge in [0.1, 0.15) is 18.0 Å². The first-order chi connectivity index (χ1) is 13.7. The Hall–Kier alpha value is -2.68. The molecule has 1 aromatic carbocycles. The zero-order valence-electron chi connectivity index (χ0n) is 16.3. The Labute approximate surface area is 167 Å². The molecule has 3 heteroatoms. The lowest BCUT2D eigenvalue weighted by Crippen LogP contribution is -2.55. The van der Waals surface area contributed by atoms with Gasteiger partial charge in [-0.3, -0.25) is 0 Å². The molecule has 0 saturated carbocycles. The molecule has 28 heavy (non-hydrogen) atoms. The van der Waals surface area contributed by atoms with Gasteiger partial charge in [0.05, 0.1) is 6.26 Å². The molecule has 3 heterocycles. The second-order valence-electron chi connectivity index (χ2n) is 8.38. The van der Waals surface area contributed by atoms with Crippen LogP contribution in [0.25, 0.3) is 5.57 Å². The predicted octanol–water partition coefficient (Wildman–Crippen LogP) is 5.01. The van der Waals surface area contributed by atoms with E-state index in [9.17, 15) is 0 Å². The van der Waals surface area contributed by atoms with Crippen molar-refractivity contribution in [2.24, 2.45) is 17.3 Å². The van der Waals surface area contributed by atoms with Crippen molar-refractivity contribution in [1.82, 2.24) is 5.32 Å². The number of hydrogen-bond acceptors (Lipinski definition) is 3. The zero-order valence-corrected chi connectivity index (χ0v) is 16.3. The molecule has 5 rings (SSSR count). The molecule has 1 aromatic rings. The second-order valence-corrected chi connectivity index (χ2v) is 8.38.